The van der Waals surface area contributed by atoms with Crippen molar-refractivity contribution in [2.24, 2.45) is 5.73 Å². The number of piperidine rings is 1. The molecule has 1 unspecified atom stereocenters. The zero-order valence-corrected chi connectivity index (χ0v) is 10.3. The molecule has 0 bridgehead atoms. The quantitative estimate of drug-likeness (QED) is 0.850. The lowest BCUT2D eigenvalue weighted by Gasteiger charge is -2.36. The normalized spacial score (nSPS) is 20.4. The van der Waals surface area contributed by atoms with Crippen LogP contribution >= 0.6 is 0 Å². The van der Waals surface area contributed by atoms with Crippen LogP contribution in [0.2, 0.25) is 0 Å². The molecule has 5 nitrogen and oxygen atoms in total. The van der Waals surface area contributed by atoms with Crippen molar-refractivity contribution in [2.75, 3.05) is 25.1 Å². The number of anilines is 1. The van der Waals surface area contributed by atoms with Crippen LogP contribution in [0, 0.1) is 0 Å². The zero-order valence-electron chi connectivity index (χ0n) is 10.3. The maximum Gasteiger partial charge on any atom is 0.233 e. The van der Waals surface area contributed by atoms with E-state index in [2.05, 4.69) is 14.9 Å². The van der Waals surface area contributed by atoms with Gasteiger partial charge in [-0.25, -0.2) is 0 Å². The van der Waals surface area contributed by atoms with Crippen molar-refractivity contribution in [3.05, 3.63) is 12.4 Å². The Labute approximate surface area is 102 Å². The third-order valence-electron chi connectivity index (χ3n) is 3.23. The molecule has 1 aliphatic heterocycles. The highest BCUT2D eigenvalue weighted by Gasteiger charge is 2.23. The molecular weight excluding hydrogens is 216 g/mol. The van der Waals surface area contributed by atoms with Crippen molar-refractivity contribution in [3.8, 4) is 5.88 Å². The van der Waals surface area contributed by atoms with Crippen molar-refractivity contribution in [1.29, 1.82) is 0 Å². The predicted octanol–water partition coefficient (Wildman–Crippen LogP) is 1.19. The molecule has 0 aliphatic carbocycles. The van der Waals surface area contributed by atoms with E-state index in [1.54, 1.807) is 19.5 Å². The van der Waals surface area contributed by atoms with E-state index in [9.17, 15) is 0 Å². The largest absolute Gasteiger partial charge is 0.480 e. The van der Waals surface area contributed by atoms with Crippen LogP contribution in [0.15, 0.2) is 12.4 Å². The Balaban J connectivity index is 2.16. The highest BCUT2D eigenvalue weighted by Crippen LogP contribution is 2.25. The molecule has 0 spiro atoms. The number of hydrogen-bond donors (Lipinski definition) is 1. The van der Waals surface area contributed by atoms with Crippen LogP contribution in [0.1, 0.15) is 25.7 Å². The molecule has 0 radical (unpaired) electrons. The maximum absolute atomic E-state index is 5.67. The first-order chi connectivity index (χ1) is 8.35. The summed E-state index contributed by atoms with van der Waals surface area (Å²) in [6.07, 6.45) is 8.12. The Kier molecular flexibility index (Phi) is 4.14. The summed E-state index contributed by atoms with van der Waals surface area (Å²) < 4.78 is 5.12. The van der Waals surface area contributed by atoms with E-state index < -0.39 is 0 Å². The van der Waals surface area contributed by atoms with E-state index in [1.807, 2.05) is 0 Å². The third kappa shape index (κ3) is 2.85. The van der Waals surface area contributed by atoms with Gasteiger partial charge in [0, 0.05) is 12.6 Å². The number of ether oxygens (including phenoxy) is 1. The van der Waals surface area contributed by atoms with Crippen molar-refractivity contribution >= 4 is 5.82 Å². The lowest BCUT2D eigenvalue weighted by molar-refractivity contribution is 0.391. The number of hydrogen-bond acceptors (Lipinski definition) is 5. The molecule has 0 aromatic carbocycles. The molecule has 1 aromatic rings. The fourth-order valence-corrected chi connectivity index (χ4v) is 2.37. The average Bonchev–Trinajstić information content (AvgIpc) is 2.40. The smallest absolute Gasteiger partial charge is 0.233 e. The number of rotatable bonds is 4. The molecule has 2 rings (SSSR count). The van der Waals surface area contributed by atoms with E-state index in [0.29, 0.717) is 11.9 Å². The average molecular weight is 236 g/mol. The van der Waals surface area contributed by atoms with Gasteiger partial charge in [-0.15, -0.1) is 0 Å². The standard InChI is InChI=1S/C12H20N4O/c1-17-12-9-14-8-11(15-12)16-7-3-2-4-10(16)5-6-13/h8-10H,2-7,13H2,1H3. The summed E-state index contributed by atoms with van der Waals surface area (Å²) in [7, 11) is 1.61. The molecular formula is C12H20N4O. The minimum absolute atomic E-state index is 0.496. The van der Waals surface area contributed by atoms with Crippen molar-refractivity contribution < 1.29 is 4.74 Å². The molecule has 1 aromatic heterocycles. The van der Waals surface area contributed by atoms with E-state index in [4.69, 9.17) is 10.5 Å². The van der Waals surface area contributed by atoms with Crippen LogP contribution in [0.4, 0.5) is 5.82 Å². The second-order valence-electron chi connectivity index (χ2n) is 4.34. The van der Waals surface area contributed by atoms with Gasteiger partial charge in [0.15, 0.2) is 5.82 Å². The monoisotopic (exact) mass is 236 g/mol. The van der Waals surface area contributed by atoms with Crippen molar-refractivity contribution in [2.45, 2.75) is 31.7 Å². The van der Waals surface area contributed by atoms with Gasteiger partial charge in [0.05, 0.1) is 19.5 Å². The molecule has 2 heterocycles. The summed E-state index contributed by atoms with van der Waals surface area (Å²) in [5.74, 6) is 1.47. The van der Waals surface area contributed by atoms with Crippen LogP contribution in [0.5, 0.6) is 5.88 Å². The highest BCUT2D eigenvalue weighted by molar-refractivity contribution is 5.39. The van der Waals surface area contributed by atoms with Gasteiger partial charge < -0.3 is 15.4 Å². The van der Waals surface area contributed by atoms with Gasteiger partial charge in [-0.05, 0) is 32.2 Å². The topological polar surface area (TPSA) is 64.3 Å². The number of nitrogens with zero attached hydrogens (tertiary/aromatic N) is 3. The summed E-state index contributed by atoms with van der Waals surface area (Å²) in [6.45, 7) is 1.76. The molecule has 1 atom stereocenters. The molecule has 0 amide bonds. The van der Waals surface area contributed by atoms with Gasteiger partial charge in [0.2, 0.25) is 5.88 Å². The van der Waals surface area contributed by atoms with E-state index in [-0.39, 0.29) is 0 Å². The summed E-state index contributed by atoms with van der Waals surface area (Å²) in [5, 5.41) is 0. The van der Waals surface area contributed by atoms with Gasteiger partial charge in [-0.3, -0.25) is 4.98 Å². The summed E-state index contributed by atoms with van der Waals surface area (Å²) >= 11 is 0. The van der Waals surface area contributed by atoms with Crippen LogP contribution in [-0.2, 0) is 0 Å². The van der Waals surface area contributed by atoms with Gasteiger partial charge in [-0.2, -0.15) is 4.98 Å². The van der Waals surface area contributed by atoms with Gasteiger partial charge in [0.1, 0.15) is 0 Å². The zero-order chi connectivity index (χ0) is 12.1. The summed E-state index contributed by atoms with van der Waals surface area (Å²) in [4.78, 5) is 10.9. The van der Waals surface area contributed by atoms with Crippen LogP contribution in [0.3, 0.4) is 0 Å². The van der Waals surface area contributed by atoms with E-state index >= 15 is 0 Å². The van der Waals surface area contributed by atoms with Gasteiger partial charge in [-0.1, -0.05) is 0 Å². The van der Waals surface area contributed by atoms with E-state index in [1.165, 1.54) is 19.3 Å². The SMILES string of the molecule is COc1cncc(N2CCCCC2CCN)n1. The number of aromatic nitrogens is 2. The van der Waals surface area contributed by atoms with E-state index in [0.717, 1.165) is 25.3 Å². The van der Waals surface area contributed by atoms with Crippen LogP contribution in [-0.4, -0.2) is 36.2 Å². The fourth-order valence-electron chi connectivity index (χ4n) is 2.37. The first kappa shape index (κ1) is 12.1. The van der Waals surface area contributed by atoms with Gasteiger partial charge in [0.25, 0.3) is 0 Å². The first-order valence-corrected chi connectivity index (χ1v) is 6.18. The van der Waals surface area contributed by atoms with Gasteiger partial charge >= 0.3 is 0 Å². The number of methoxy groups -OCH3 is 1. The summed E-state index contributed by atoms with van der Waals surface area (Å²) in [6, 6.07) is 0.496. The second kappa shape index (κ2) is 5.82. The number of nitrogens with two attached hydrogens (primary N) is 1. The fraction of sp³-hybridized carbons (Fsp3) is 0.667. The Hall–Kier alpha value is -1.36. The predicted molar refractivity (Wildman–Crippen MR) is 67.2 cm³/mol. The minimum atomic E-state index is 0.496. The molecule has 1 saturated heterocycles. The minimum Gasteiger partial charge on any atom is -0.480 e. The molecule has 0 saturated carbocycles. The Bertz CT molecular complexity index is 356. The van der Waals surface area contributed by atoms with Crippen LogP contribution in [0.25, 0.3) is 0 Å². The lowest BCUT2D eigenvalue weighted by Crippen LogP contribution is -2.41. The molecule has 1 fully saturated rings. The molecule has 1 aliphatic rings. The Morgan fingerprint density at radius 3 is 3.12 bits per heavy atom. The highest BCUT2D eigenvalue weighted by atomic mass is 16.5. The Morgan fingerprint density at radius 1 is 1.47 bits per heavy atom. The first-order valence-electron chi connectivity index (χ1n) is 6.18. The molecule has 94 valence electrons. The van der Waals surface area contributed by atoms with Crippen LogP contribution < -0.4 is 15.4 Å². The molecule has 2 N–H and O–H groups in total. The second-order valence-corrected chi connectivity index (χ2v) is 4.34. The lowest BCUT2D eigenvalue weighted by atomic mass is 9.99. The summed E-state index contributed by atoms with van der Waals surface area (Å²) in [5.41, 5.74) is 5.67. The van der Waals surface area contributed by atoms with Crippen molar-refractivity contribution in [3.63, 3.8) is 0 Å². The Morgan fingerprint density at radius 2 is 2.35 bits per heavy atom. The maximum atomic E-state index is 5.67. The third-order valence-corrected chi connectivity index (χ3v) is 3.23. The molecule has 17 heavy (non-hydrogen) atoms. The molecule has 5 heteroatoms. The van der Waals surface area contributed by atoms with Crippen molar-refractivity contribution in [1.82, 2.24) is 9.97 Å².